The second kappa shape index (κ2) is 6.42. The molecule has 0 atom stereocenters. The predicted molar refractivity (Wildman–Crippen MR) is 92.3 cm³/mol. The minimum Gasteiger partial charge on any atom is -0.484 e. The first-order chi connectivity index (χ1) is 11.9. The van der Waals surface area contributed by atoms with E-state index in [1.54, 1.807) is 0 Å². The summed E-state index contributed by atoms with van der Waals surface area (Å²) in [6, 6.07) is 24.1. The van der Waals surface area contributed by atoms with Gasteiger partial charge in [0.2, 0.25) is 0 Å². The summed E-state index contributed by atoms with van der Waals surface area (Å²) in [5.41, 5.74) is 0.892. The summed E-state index contributed by atoms with van der Waals surface area (Å²) in [6.07, 6.45) is 0. The lowest BCUT2D eigenvalue weighted by Gasteiger charge is -2.05. The maximum atomic E-state index is 5.74. The molecule has 5 nitrogen and oxygen atoms in total. The van der Waals surface area contributed by atoms with Crippen LogP contribution in [0, 0.1) is 0 Å². The second-order valence-corrected chi connectivity index (χ2v) is 5.29. The van der Waals surface area contributed by atoms with Crippen LogP contribution in [0.5, 0.6) is 5.75 Å². The lowest BCUT2D eigenvalue weighted by molar-refractivity contribution is 0.265. The van der Waals surface area contributed by atoms with E-state index in [4.69, 9.17) is 9.15 Å². The van der Waals surface area contributed by atoms with E-state index in [0.717, 1.165) is 16.8 Å². The zero-order valence-electron chi connectivity index (χ0n) is 12.8. The van der Waals surface area contributed by atoms with Crippen LogP contribution in [0.15, 0.2) is 77.2 Å². The number of aromatic nitrogens is 2. The van der Waals surface area contributed by atoms with Gasteiger partial charge in [-0.1, -0.05) is 53.6 Å². The average Bonchev–Trinajstić information content (AvgIpc) is 3.08. The van der Waals surface area contributed by atoms with Crippen LogP contribution in [0.4, 0.5) is 11.7 Å². The molecule has 0 saturated heterocycles. The van der Waals surface area contributed by atoms with Crippen molar-refractivity contribution in [2.24, 2.45) is 0 Å². The van der Waals surface area contributed by atoms with Gasteiger partial charge in [0, 0.05) is 5.69 Å². The highest BCUT2D eigenvalue weighted by Crippen LogP contribution is 2.21. The highest BCUT2D eigenvalue weighted by molar-refractivity contribution is 5.83. The Morgan fingerprint density at radius 1 is 0.833 bits per heavy atom. The van der Waals surface area contributed by atoms with Crippen molar-refractivity contribution in [1.82, 2.24) is 10.2 Å². The van der Waals surface area contributed by atoms with Crippen molar-refractivity contribution in [2.45, 2.75) is 6.61 Å². The highest BCUT2D eigenvalue weighted by atomic mass is 16.5. The summed E-state index contributed by atoms with van der Waals surface area (Å²) in [5.74, 6) is 1.19. The number of nitrogens with zero attached hydrogens (tertiary/aromatic N) is 2. The summed E-state index contributed by atoms with van der Waals surface area (Å²) in [4.78, 5) is 0. The Morgan fingerprint density at radius 3 is 2.50 bits per heavy atom. The summed E-state index contributed by atoms with van der Waals surface area (Å²) < 4.78 is 11.3. The molecule has 0 saturated carbocycles. The van der Waals surface area contributed by atoms with Crippen LogP contribution >= 0.6 is 0 Å². The molecule has 4 aromatic rings. The van der Waals surface area contributed by atoms with Crippen LogP contribution < -0.4 is 10.1 Å². The fraction of sp³-hybridized carbons (Fsp3) is 0.0526. The molecule has 1 N–H and O–H groups in total. The Hall–Kier alpha value is -3.34. The second-order valence-electron chi connectivity index (χ2n) is 5.29. The molecule has 1 heterocycles. The Balaban J connectivity index is 1.42. The molecule has 0 aliphatic carbocycles. The first kappa shape index (κ1) is 14.3. The number of hydrogen-bond donors (Lipinski definition) is 1. The largest absolute Gasteiger partial charge is 0.484 e. The minimum absolute atomic E-state index is 0.224. The molecule has 0 unspecified atom stereocenters. The van der Waals surface area contributed by atoms with Gasteiger partial charge in [0.15, 0.2) is 6.61 Å². The number of nitrogens with one attached hydrogen (secondary N) is 1. The molecule has 5 heteroatoms. The van der Waals surface area contributed by atoms with Gasteiger partial charge in [-0.2, -0.15) is 0 Å². The number of hydrogen-bond acceptors (Lipinski definition) is 5. The monoisotopic (exact) mass is 317 g/mol. The molecular weight excluding hydrogens is 302 g/mol. The van der Waals surface area contributed by atoms with Crippen molar-refractivity contribution in [2.75, 3.05) is 5.32 Å². The van der Waals surface area contributed by atoms with Gasteiger partial charge in [-0.15, -0.1) is 5.10 Å². The normalized spacial score (nSPS) is 10.7. The van der Waals surface area contributed by atoms with Crippen molar-refractivity contribution in [3.63, 3.8) is 0 Å². The fourth-order valence-electron chi connectivity index (χ4n) is 2.41. The van der Waals surface area contributed by atoms with E-state index < -0.39 is 0 Å². The molecular formula is C19H15N3O2. The molecule has 0 fully saturated rings. The Bertz CT molecular complexity index is 951. The van der Waals surface area contributed by atoms with Gasteiger partial charge in [0.05, 0.1) is 0 Å². The van der Waals surface area contributed by atoms with E-state index in [2.05, 4.69) is 27.6 Å². The quantitative estimate of drug-likeness (QED) is 0.585. The molecule has 1 aromatic heterocycles. The van der Waals surface area contributed by atoms with Crippen LogP contribution in [0.1, 0.15) is 5.89 Å². The van der Waals surface area contributed by atoms with Crippen LogP contribution in [0.2, 0.25) is 0 Å². The van der Waals surface area contributed by atoms with Crippen LogP contribution in [0.25, 0.3) is 10.8 Å². The Kier molecular flexibility index (Phi) is 3.81. The maximum Gasteiger partial charge on any atom is 0.320 e. The Labute approximate surface area is 138 Å². The molecule has 0 spiro atoms. The zero-order valence-corrected chi connectivity index (χ0v) is 12.8. The molecule has 0 aliphatic rings. The molecule has 0 bridgehead atoms. The number of para-hydroxylation sites is 1. The predicted octanol–water partition coefficient (Wildman–Crippen LogP) is 4.55. The number of fused-ring (bicyclic) bond motifs is 1. The van der Waals surface area contributed by atoms with Crippen molar-refractivity contribution < 1.29 is 9.15 Å². The smallest absolute Gasteiger partial charge is 0.320 e. The van der Waals surface area contributed by atoms with E-state index >= 15 is 0 Å². The molecule has 4 rings (SSSR count). The van der Waals surface area contributed by atoms with Crippen molar-refractivity contribution >= 4 is 22.5 Å². The van der Waals surface area contributed by atoms with Gasteiger partial charge < -0.3 is 14.5 Å². The third-order valence-electron chi connectivity index (χ3n) is 3.58. The topological polar surface area (TPSA) is 60.2 Å². The standard InChI is InChI=1S/C19H15N3O2/c1-2-8-16(9-3-1)20-19-22-21-18(24-19)13-23-17-11-10-14-6-4-5-7-15(14)12-17/h1-12H,13H2,(H,20,22). The first-order valence-corrected chi connectivity index (χ1v) is 7.63. The van der Waals surface area contributed by atoms with E-state index in [1.807, 2.05) is 60.7 Å². The molecule has 3 aromatic carbocycles. The van der Waals surface area contributed by atoms with Crippen LogP contribution in [-0.4, -0.2) is 10.2 Å². The highest BCUT2D eigenvalue weighted by Gasteiger charge is 2.07. The number of benzene rings is 3. The van der Waals surface area contributed by atoms with E-state index in [0.29, 0.717) is 11.9 Å². The van der Waals surface area contributed by atoms with Gasteiger partial charge >= 0.3 is 6.01 Å². The van der Waals surface area contributed by atoms with E-state index in [1.165, 1.54) is 5.39 Å². The molecule has 0 amide bonds. The van der Waals surface area contributed by atoms with Gasteiger partial charge in [-0.05, 0) is 35.0 Å². The lowest BCUT2D eigenvalue weighted by Crippen LogP contribution is -1.95. The van der Waals surface area contributed by atoms with E-state index in [9.17, 15) is 0 Å². The van der Waals surface area contributed by atoms with Gasteiger partial charge in [0.25, 0.3) is 5.89 Å². The third kappa shape index (κ3) is 3.20. The van der Waals surface area contributed by atoms with Crippen molar-refractivity contribution in [3.8, 4) is 5.75 Å². The zero-order chi connectivity index (χ0) is 16.2. The summed E-state index contributed by atoms with van der Waals surface area (Å²) >= 11 is 0. The van der Waals surface area contributed by atoms with Crippen LogP contribution in [0.3, 0.4) is 0 Å². The molecule has 0 aliphatic heterocycles. The number of ether oxygens (including phenoxy) is 1. The number of rotatable bonds is 5. The first-order valence-electron chi connectivity index (χ1n) is 7.63. The lowest BCUT2D eigenvalue weighted by atomic mass is 10.1. The van der Waals surface area contributed by atoms with Gasteiger partial charge in [-0.25, -0.2) is 0 Å². The Morgan fingerprint density at radius 2 is 1.62 bits per heavy atom. The van der Waals surface area contributed by atoms with Crippen molar-refractivity contribution in [1.29, 1.82) is 0 Å². The maximum absolute atomic E-state index is 5.74. The summed E-state index contributed by atoms with van der Waals surface area (Å²) in [7, 11) is 0. The summed E-state index contributed by atoms with van der Waals surface area (Å²) in [5, 5.41) is 13.3. The molecule has 0 radical (unpaired) electrons. The average molecular weight is 317 g/mol. The minimum atomic E-state index is 0.224. The fourth-order valence-corrected chi connectivity index (χ4v) is 2.41. The SMILES string of the molecule is c1ccc(Nc2nnc(COc3ccc4ccccc4c3)o2)cc1. The van der Waals surface area contributed by atoms with E-state index in [-0.39, 0.29) is 6.61 Å². The summed E-state index contributed by atoms with van der Waals surface area (Å²) in [6.45, 7) is 0.224. The third-order valence-corrected chi connectivity index (χ3v) is 3.58. The van der Waals surface area contributed by atoms with Gasteiger partial charge in [-0.3, -0.25) is 0 Å². The number of anilines is 2. The van der Waals surface area contributed by atoms with Crippen LogP contribution in [-0.2, 0) is 6.61 Å². The van der Waals surface area contributed by atoms with Crippen molar-refractivity contribution in [3.05, 3.63) is 78.7 Å². The van der Waals surface area contributed by atoms with Gasteiger partial charge in [0.1, 0.15) is 5.75 Å². The molecule has 118 valence electrons. The molecule has 24 heavy (non-hydrogen) atoms.